The van der Waals surface area contributed by atoms with Crippen LogP contribution in [0.3, 0.4) is 0 Å². The summed E-state index contributed by atoms with van der Waals surface area (Å²) in [6.45, 7) is 2.81. The van der Waals surface area contributed by atoms with Crippen molar-refractivity contribution in [2.24, 2.45) is 0 Å². The van der Waals surface area contributed by atoms with Crippen LogP contribution in [0, 0.1) is 0 Å². The highest BCUT2D eigenvalue weighted by Gasteiger charge is 2.37. The smallest absolute Gasteiger partial charge is 0.313 e. The largest absolute Gasteiger partial charge is 0.496 e. The van der Waals surface area contributed by atoms with Gasteiger partial charge in [-0.2, -0.15) is 0 Å². The van der Waals surface area contributed by atoms with Gasteiger partial charge in [0.1, 0.15) is 5.75 Å². The lowest BCUT2D eigenvalue weighted by Gasteiger charge is -2.38. The third-order valence-electron chi connectivity index (χ3n) is 5.36. The monoisotopic (exact) mass is 425 g/mol. The van der Waals surface area contributed by atoms with Crippen LogP contribution >= 0.6 is 0 Å². The Bertz CT molecular complexity index is 954. The van der Waals surface area contributed by atoms with Gasteiger partial charge in [-0.1, -0.05) is 24.3 Å². The number of benzene rings is 2. The highest BCUT2D eigenvalue weighted by Crippen LogP contribution is 2.39. The van der Waals surface area contributed by atoms with Crippen molar-refractivity contribution in [3.8, 4) is 5.75 Å². The molecular formula is C23H27N3O5. The maximum absolute atomic E-state index is 12.5. The third-order valence-corrected chi connectivity index (χ3v) is 5.36. The predicted molar refractivity (Wildman–Crippen MR) is 117 cm³/mol. The molecule has 8 heteroatoms. The highest BCUT2D eigenvalue weighted by atomic mass is 16.5. The number of methoxy groups -OCH3 is 1. The van der Waals surface area contributed by atoms with E-state index in [1.54, 1.807) is 31.4 Å². The Kier molecular flexibility index (Phi) is 7.25. The molecule has 8 nitrogen and oxygen atoms in total. The van der Waals surface area contributed by atoms with Gasteiger partial charge in [-0.3, -0.25) is 14.4 Å². The quantitative estimate of drug-likeness (QED) is 0.617. The normalized spacial score (nSPS) is 14.9. The minimum Gasteiger partial charge on any atom is -0.496 e. The lowest BCUT2D eigenvalue weighted by Crippen LogP contribution is -2.47. The molecule has 0 saturated carbocycles. The van der Waals surface area contributed by atoms with Gasteiger partial charge in [0.15, 0.2) is 0 Å². The van der Waals surface area contributed by atoms with Gasteiger partial charge in [-0.15, -0.1) is 0 Å². The fourth-order valence-electron chi connectivity index (χ4n) is 3.78. The molecule has 164 valence electrons. The first-order valence-corrected chi connectivity index (χ1v) is 10.1. The van der Waals surface area contributed by atoms with E-state index in [9.17, 15) is 14.4 Å². The Balaban J connectivity index is 1.68. The Morgan fingerprint density at radius 1 is 0.968 bits per heavy atom. The molecule has 2 aromatic carbocycles. The SMILES string of the molecule is COc1ccccc1C1(CNC(=O)C(=O)Nc2cccc(NC(C)=O)c2)CCOCC1. The highest BCUT2D eigenvalue weighted by molar-refractivity contribution is 6.39. The predicted octanol–water partition coefficient (Wildman–Crippen LogP) is 2.46. The van der Waals surface area contributed by atoms with E-state index in [4.69, 9.17) is 9.47 Å². The minimum atomic E-state index is -0.776. The van der Waals surface area contributed by atoms with Gasteiger partial charge in [-0.25, -0.2) is 0 Å². The molecule has 1 heterocycles. The minimum absolute atomic E-state index is 0.223. The van der Waals surface area contributed by atoms with Crippen LogP contribution in [0.1, 0.15) is 25.3 Å². The molecule has 3 rings (SSSR count). The van der Waals surface area contributed by atoms with E-state index < -0.39 is 11.8 Å². The summed E-state index contributed by atoms with van der Waals surface area (Å²) in [4.78, 5) is 36.2. The number of carbonyl (C=O) groups excluding carboxylic acids is 3. The summed E-state index contributed by atoms with van der Waals surface area (Å²) in [6, 6.07) is 14.3. The second kappa shape index (κ2) is 10.1. The lowest BCUT2D eigenvalue weighted by atomic mass is 9.73. The number of hydrogen-bond acceptors (Lipinski definition) is 5. The Labute approximate surface area is 181 Å². The molecule has 3 amide bonds. The summed E-state index contributed by atoms with van der Waals surface area (Å²) < 4.78 is 11.1. The standard InChI is InChI=1S/C23H27N3O5/c1-16(27)25-17-6-5-7-18(14-17)26-22(29)21(28)24-15-23(10-12-31-13-11-23)19-8-3-4-9-20(19)30-2/h3-9,14H,10-13,15H2,1-2H3,(H,24,28)(H,25,27)(H,26,29). The van der Waals surface area contributed by atoms with Gasteiger partial charge >= 0.3 is 11.8 Å². The van der Waals surface area contributed by atoms with Gasteiger partial charge in [0.05, 0.1) is 7.11 Å². The maximum Gasteiger partial charge on any atom is 0.313 e. The van der Waals surface area contributed by atoms with Crippen LogP contribution in [0.2, 0.25) is 0 Å². The number of anilines is 2. The molecule has 1 aliphatic heterocycles. The molecule has 0 aromatic heterocycles. The summed E-state index contributed by atoms with van der Waals surface area (Å²) in [6.07, 6.45) is 1.40. The van der Waals surface area contributed by atoms with Crippen LogP contribution in [0.5, 0.6) is 5.75 Å². The molecule has 0 radical (unpaired) electrons. The van der Waals surface area contributed by atoms with Crippen molar-refractivity contribution in [1.29, 1.82) is 0 Å². The van der Waals surface area contributed by atoms with Crippen LogP contribution < -0.4 is 20.7 Å². The fourth-order valence-corrected chi connectivity index (χ4v) is 3.78. The summed E-state index contributed by atoms with van der Waals surface area (Å²) in [5, 5.41) is 7.98. The van der Waals surface area contributed by atoms with Gasteiger partial charge in [-0.05, 0) is 37.1 Å². The third kappa shape index (κ3) is 5.61. The average Bonchev–Trinajstić information content (AvgIpc) is 2.78. The van der Waals surface area contributed by atoms with Crippen LogP contribution in [0.4, 0.5) is 11.4 Å². The van der Waals surface area contributed by atoms with E-state index in [2.05, 4.69) is 16.0 Å². The lowest BCUT2D eigenvalue weighted by molar-refractivity contribution is -0.136. The Morgan fingerprint density at radius 2 is 1.65 bits per heavy atom. The van der Waals surface area contributed by atoms with E-state index >= 15 is 0 Å². The molecule has 0 unspecified atom stereocenters. The van der Waals surface area contributed by atoms with Crippen molar-refractivity contribution in [3.05, 3.63) is 54.1 Å². The van der Waals surface area contributed by atoms with Crippen LogP contribution in [-0.4, -0.2) is 44.6 Å². The maximum atomic E-state index is 12.5. The van der Waals surface area contributed by atoms with E-state index in [0.717, 1.165) is 11.3 Å². The zero-order valence-electron chi connectivity index (χ0n) is 17.7. The summed E-state index contributed by atoms with van der Waals surface area (Å²) in [7, 11) is 1.62. The number of hydrogen-bond donors (Lipinski definition) is 3. The molecule has 0 atom stereocenters. The molecule has 1 aliphatic rings. The molecule has 0 aliphatic carbocycles. The molecule has 31 heavy (non-hydrogen) atoms. The zero-order chi connectivity index (χ0) is 22.3. The molecule has 0 spiro atoms. The molecular weight excluding hydrogens is 398 g/mol. The van der Waals surface area contributed by atoms with Crippen molar-refractivity contribution in [1.82, 2.24) is 5.32 Å². The van der Waals surface area contributed by atoms with E-state index in [0.29, 0.717) is 37.4 Å². The summed E-state index contributed by atoms with van der Waals surface area (Å²) >= 11 is 0. The molecule has 1 saturated heterocycles. The number of carbonyl (C=O) groups is 3. The van der Waals surface area contributed by atoms with Crippen molar-refractivity contribution in [2.45, 2.75) is 25.2 Å². The second-order valence-corrected chi connectivity index (χ2v) is 7.49. The molecule has 0 bridgehead atoms. The first-order chi connectivity index (χ1) is 14.9. The van der Waals surface area contributed by atoms with Crippen molar-refractivity contribution in [2.75, 3.05) is 37.5 Å². The van der Waals surface area contributed by atoms with Crippen LogP contribution in [0.15, 0.2) is 48.5 Å². The number of nitrogens with one attached hydrogen (secondary N) is 3. The molecule has 1 fully saturated rings. The summed E-state index contributed by atoms with van der Waals surface area (Å²) in [5.74, 6) is -0.981. The number of para-hydroxylation sites is 1. The van der Waals surface area contributed by atoms with Crippen molar-refractivity contribution < 1.29 is 23.9 Å². The van der Waals surface area contributed by atoms with Gasteiger partial charge in [0.2, 0.25) is 5.91 Å². The second-order valence-electron chi connectivity index (χ2n) is 7.49. The van der Waals surface area contributed by atoms with Gasteiger partial charge in [0.25, 0.3) is 0 Å². The van der Waals surface area contributed by atoms with Gasteiger partial charge < -0.3 is 25.4 Å². The first kappa shape index (κ1) is 22.3. The van der Waals surface area contributed by atoms with Crippen molar-refractivity contribution in [3.63, 3.8) is 0 Å². The fraction of sp³-hybridized carbons (Fsp3) is 0.348. The average molecular weight is 425 g/mol. The topological polar surface area (TPSA) is 106 Å². The molecule has 3 N–H and O–H groups in total. The van der Waals surface area contributed by atoms with E-state index in [-0.39, 0.29) is 17.9 Å². The van der Waals surface area contributed by atoms with Crippen LogP contribution in [-0.2, 0) is 24.5 Å². The Morgan fingerprint density at radius 3 is 2.32 bits per heavy atom. The number of amides is 3. The van der Waals surface area contributed by atoms with Crippen molar-refractivity contribution >= 4 is 29.1 Å². The van der Waals surface area contributed by atoms with Crippen LogP contribution in [0.25, 0.3) is 0 Å². The first-order valence-electron chi connectivity index (χ1n) is 10.1. The van der Waals surface area contributed by atoms with E-state index in [1.165, 1.54) is 6.92 Å². The number of rotatable bonds is 6. The molecule has 2 aromatic rings. The zero-order valence-corrected chi connectivity index (χ0v) is 17.7. The van der Waals surface area contributed by atoms with E-state index in [1.807, 2.05) is 24.3 Å². The number of ether oxygens (including phenoxy) is 2. The summed E-state index contributed by atoms with van der Waals surface area (Å²) in [5.41, 5.74) is 1.55. The van der Waals surface area contributed by atoms with Gasteiger partial charge in [0, 0.05) is 49.0 Å². The Hall–Kier alpha value is -3.39.